The third kappa shape index (κ3) is 3.96. The minimum atomic E-state index is -0.560. The first kappa shape index (κ1) is 21.5. The van der Waals surface area contributed by atoms with Crippen LogP contribution in [-0.2, 0) is 4.79 Å². The van der Waals surface area contributed by atoms with Gasteiger partial charge in [-0.3, -0.25) is 9.59 Å². The number of rotatable bonds is 7. The lowest BCUT2D eigenvalue weighted by Crippen LogP contribution is -2.33. The molecule has 164 valence electrons. The van der Waals surface area contributed by atoms with Crippen molar-refractivity contribution in [2.45, 2.75) is 50.1 Å². The van der Waals surface area contributed by atoms with Crippen LogP contribution >= 0.6 is 11.8 Å². The number of Topliss-reactive ketones (excluding diaryl/α,β-unsaturated/α-hetero) is 1. The molecule has 2 aliphatic rings. The van der Waals surface area contributed by atoms with Crippen molar-refractivity contribution in [3.63, 3.8) is 0 Å². The van der Waals surface area contributed by atoms with Gasteiger partial charge < -0.3 is 19.8 Å². The number of H-pyrrole nitrogens is 1. The monoisotopic (exact) mass is 441 g/mol. The highest BCUT2D eigenvalue weighted by molar-refractivity contribution is 7.99. The van der Waals surface area contributed by atoms with Crippen LogP contribution in [0.1, 0.15) is 56.1 Å². The lowest BCUT2D eigenvalue weighted by atomic mass is 9.76. The highest BCUT2D eigenvalue weighted by Gasteiger charge is 2.39. The molecule has 2 aromatic rings. The average molecular weight is 442 g/mol. The number of fused-ring (bicyclic) bond motifs is 1. The minimum absolute atomic E-state index is 0.0510. The van der Waals surface area contributed by atoms with E-state index in [2.05, 4.69) is 17.2 Å². The molecule has 1 aliphatic heterocycles. The fraction of sp³-hybridized carbons (Fsp3) is 0.435. The summed E-state index contributed by atoms with van der Waals surface area (Å²) >= 11 is 1.54. The van der Waals surface area contributed by atoms with Gasteiger partial charge in [-0.1, -0.05) is 37.2 Å². The van der Waals surface area contributed by atoms with Gasteiger partial charge in [-0.15, -0.1) is 0 Å². The molecule has 1 unspecified atom stereocenters. The number of ketones is 1. The van der Waals surface area contributed by atoms with Crippen molar-refractivity contribution in [2.24, 2.45) is 0 Å². The number of nitrogens with one attached hydrogen (secondary N) is 2. The van der Waals surface area contributed by atoms with Gasteiger partial charge in [-0.25, -0.2) is 4.98 Å². The fourth-order valence-corrected chi connectivity index (χ4v) is 5.22. The fourth-order valence-electron chi connectivity index (χ4n) is 4.27. The van der Waals surface area contributed by atoms with E-state index in [0.29, 0.717) is 40.0 Å². The Bertz CT molecular complexity index is 1090. The lowest BCUT2D eigenvalue weighted by Gasteiger charge is -2.33. The number of allylic oxidation sites excluding steroid dienone is 2. The van der Waals surface area contributed by atoms with Crippen LogP contribution in [0.4, 0.5) is 5.82 Å². The molecule has 4 rings (SSSR count). The van der Waals surface area contributed by atoms with E-state index < -0.39 is 5.92 Å². The SMILES string of the molecule is CCCCSc1nc2c(c(=O)[nH]1)C(c1cccc(OC)c1OC)C1=C(CCCC1=O)N2. The van der Waals surface area contributed by atoms with Gasteiger partial charge in [0, 0.05) is 29.0 Å². The predicted octanol–water partition coefficient (Wildman–Crippen LogP) is 4.24. The molecular formula is C23H27N3O4S. The molecule has 0 saturated heterocycles. The van der Waals surface area contributed by atoms with Crippen molar-refractivity contribution in [1.82, 2.24) is 9.97 Å². The van der Waals surface area contributed by atoms with Crippen molar-refractivity contribution in [1.29, 1.82) is 0 Å². The summed E-state index contributed by atoms with van der Waals surface area (Å²) in [6.07, 6.45) is 4.12. The lowest BCUT2D eigenvalue weighted by molar-refractivity contribution is -0.116. The van der Waals surface area contributed by atoms with Crippen LogP contribution in [0.3, 0.4) is 0 Å². The molecule has 1 aliphatic carbocycles. The molecule has 2 N–H and O–H groups in total. The quantitative estimate of drug-likeness (QED) is 0.377. The molecule has 1 aromatic heterocycles. The molecule has 8 heteroatoms. The van der Waals surface area contributed by atoms with Crippen molar-refractivity contribution >= 4 is 23.4 Å². The Morgan fingerprint density at radius 3 is 2.77 bits per heavy atom. The predicted molar refractivity (Wildman–Crippen MR) is 121 cm³/mol. The first-order chi connectivity index (χ1) is 15.1. The molecule has 31 heavy (non-hydrogen) atoms. The number of carbonyl (C=O) groups is 1. The van der Waals surface area contributed by atoms with Crippen molar-refractivity contribution in [3.8, 4) is 11.5 Å². The number of unbranched alkanes of at least 4 members (excludes halogenated alkanes) is 1. The number of thioether (sulfide) groups is 1. The summed E-state index contributed by atoms with van der Waals surface area (Å²) in [6.45, 7) is 2.13. The van der Waals surface area contributed by atoms with Crippen molar-refractivity contribution in [3.05, 3.63) is 50.9 Å². The number of benzene rings is 1. The van der Waals surface area contributed by atoms with Gasteiger partial charge in [0.2, 0.25) is 0 Å². The van der Waals surface area contributed by atoms with Gasteiger partial charge in [0.05, 0.1) is 25.7 Å². The number of para-hydroxylation sites is 1. The van der Waals surface area contributed by atoms with E-state index in [0.717, 1.165) is 42.7 Å². The maximum atomic E-state index is 13.3. The number of methoxy groups -OCH3 is 2. The Kier molecular flexibility index (Phi) is 6.36. The zero-order chi connectivity index (χ0) is 22.0. The Morgan fingerprint density at radius 2 is 2.03 bits per heavy atom. The Balaban J connectivity index is 1.91. The van der Waals surface area contributed by atoms with E-state index in [1.54, 1.807) is 20.3 Å². The molecular weight excluding hydrogens is 414 g/mol. The van der Waals surface area contributed by atoms with E-state index >= 15 is 0 Å². The number of carbonyl (C=O) groups excluding carboxylic acids is 1. The van der Waals surface area contributed by atoms with E-state index in [9.17, 15) is 9.59 Å². The molecule has 0 radical (unpaired) electrons. The van der Waals surface area contributed by atoms with Crippen molar-refractivity contribution < 1.29 is 14.3 Å². The van der Waals surface area contributed by atoms with Crippen LogP contribution in [0.5, 0.6) is 11.5 Å². The molecule has 2 heterocycles. The third-order valence-electron chi connectivity index (χ3n) is 5.72. The first-order valence-electron chi connectivity index (χ1n) is 10.6. The van der Waals surface area contributed by atoms with Gasteiger partial charge in [0.25, 0.3) is 5.56 Å². The molecule has 0 fully saturated rings. The molecule has 0 saturated carbocycles. The second-order valence-corrected chi connectivity index (χ2v) is 8.73. The molecule has 0 spiro atoms. The summed E-state index contributed by atoms with van der Waals surface area (Å²) in [5.41, 5.74) is 2.41. The minimum Gasteiger partial charge on any atom is -0.493 e. The van der Waals surface area contributed by atoms with Gasteiger partial charge in [-0.2, -0.15) is 0 Å². The van der Waals surface area contributed by atoms with Gasteiger partial charge in [0.15, 0.2) is 22.4 Å². The normalized spacial score (nSPS) is 17.6. The second kappa shape index (κ2) is 9.18. The highest BCUT2D eigenvalue weighted by atomic mass is 32.2. The highest BCUT2D eigenvalue weighted by Crippen LogP contribution is 2.47. The number of hydrogen-bond acceptors (Lipinski definition) is 7. The summed E-state index contributed by atoms with van der Waals surface area (Å²) in [6, 6.07) is 5.54. The van der Waals surface area contributed by atoms with Crippen LogP contribution in [0.15, 0.2) is 39.4 Å². The van der Waals surface area contributed by atoms with E-state index in [1.807, 2.05) is 12.1 Å². The topological polar surface area (TPSA) is 93.3 Å². The van der Waals surface area contributed by atoms with E-state index in [4.69, 9.17) is 14.5 Å². The number of ether oxygens (including phenoxy) is 2. The van der Waals surface area contributed by atoms with Crippen LogP contribution in [-0.4, -0.2) is 35.7 Å². The molecule has 7 nitrogen and oxygen atoms in total. The van der Waals surface area contributed by atoms with Crippen LogP contribution < -0.4 is 20.3 Å². The Morgan fingerprint density at radius 1 is 1.19 bits per heavy atom. The summed E-state index contributed by atoms with van der Waals surface area (Å²) < 4.78 is 11.1. The average Bonchev–Trinajstić information content (AvgIpc) is 2.77. The zero-order valence-corrected chi connectivity index (χ0v) is 18.9. The van der Waals surface area contributed by atoms with E-state index in [1.165, 1.54) is 11.8 Å². The first-order valence-corrected chi connectivity index (χ1v) is 11.6. The van der Waals surface area contributed by atoms with E-state index in [-0.39, 0.29) is 11.3 Å². The van der Waals surface area contributed by atoms with Gasteiger partial charge >= 0.3 is 0 Å². The second-order valence-electron chi connectivity index (χ2n) is 7.65. The number of nitrogens with zero attached hydrogens (tertiary/aromatic N) is 1. The summed E-state index contributed by atoms with van der Waals surface area (Å²) in [5.74, 6) is 1.98. The Hall–Kier alpha value is -2.74. The van der Waals surface area contributed by atoms with Crippen LogP contribution in [0.25, 0.3) is 0 Å². The summed E-state index contributed by atoms with van der Waals surface area (Å²) in [5, 5.41) is 3.90. The smallest absolute Gasteiger partial charge is 0.257 e. The number of hydrogen-bond donors (Lipinski definition) is 2. The number of aromatic nitrogens is 2. The molecule has 1 atom stereocenters. The van der Waals surface area contributed by atoms with Crippen LogP contribution in [0, 0.1) is 0 Å². The summed E-state index contributed by atoms with van der Waals surface area (Å²) in [4.78, 5) is 33.9. The van der Waals surface area contributed by atoms with Gasteiger partial charge in [0.1, 0.15) is 5.82 Å². The van der Waals surface area contributed by atoms with Crippen LogP contribution in [0.2, 0.25) is 0 Å². The zero-order valence-electron chi connectivity index (χ0n) is 18.0. The standard InChI is InChI=1S/C23H27N3O4S/c1-4-5-12-31-23-25-21-19(22(28)26-23)17(18-14(24-21)9-7-10-15(18)27)13-8-6-11-16(29-2)20(13)30-3/h6,8,11,17H,4-5,7,9-10,12H2,1-3H3,(H2,24,25,26,28). The Labute approximate surface area is 185 Å². The van der Waals surface area contributed by atoms with Gasteiger partial charge in [-0.05, 0) is 25.3 Å². The van der Waals surface area contributed by atoms with Crippen molar-refractivity contribution in [2.75, 3.05) is 25.3 Å². The number of aromatic amines is 1. The maximum Gasteiger partial charge on any atom is 0.257 e. The molecule has 0 amide bonds. The summed E-state index contributed by atoms with van der Waals surface area (Å²) in [7, 11) is 3.14. The molecule has 0 bridgehead atoms. The molecule has 1 aromatic carbocycles. The third-order valence-corrected chi connectivity index (χ3v) is 6.68. The number of anilines is 1. The maximum absolute atomic E-state index is 13.3. The largest absolute Gasteiger partial charge is 0.493 e.